The molecule has 1 N–H and O–H groups in total. The number of aromatic nitrogens is 2. The van der Waals surface area contributed by atoms with E-state index < -0.39 is 0 Å². The van der Waals surface area contributed by atoms with Crippen LogP contribution in [0.3, 0.4) is 0 Å². The van der Waals surface area contributed by atoms with Gasteiger partial charge in [-0.25, -0.2) is 14.4 Å². The van der Waals surface area contributed by atoms with Crippen LogP contribution in [0.2, 0.25) is 0 Å². The molecule has 19 heavy (non-hydrogen) atoms. The van der Waals surface area contributed by atoms with E-state index in [9.17, 15) is 4.39 Å². The lowest BCUT2D eigenvalue weighted by Crippen LogP contribution is -2.03. The number of hydrogen-bond donors (Lipinski definition) is 1. The highest BCUT2D eigenvalue weighted by Crippen LogP contribution is 2.29. The SMILES string of the molecule is CC(C)c1nc(Br)cc(Nc2c(F)cccc2Br)n1. The Balaban J connectivity index is 2.38. The summed E-state index contributed by atoms with van der Waals surface area (Å²) in [5, 5.41) is 2.97. The fourth-order valence-electron chi connectivity index (χ4n) is 1.50. The molecule has 1 aromatic heterocycles. The van der Waals surface area contributed by atoms with Gasteiger partial charge in [0.25, 0.3) is 0 Å². The zero-order chi connectivity index (χ0) is 14.0. The van der Waals surface area contributed by atoms with Gasteiger partial charge in [0.2, 0.25) is 0 Å². The number of hydrogen-bond acceptors (Lipinski definition) is 3. The number of nitrogens with zero attached hydrogens (tertiary/aromatic N) is 2. The Morgan fingerprint density at radius 2 is 1.95 bits per heavy atom. The zero-order valence-corrected chi connectivity index (χ0v) is 13.6. The Hall–Kier alpha value is -1.01. The van der Waals surface area contributed by atoms with Crippen molar-refractivity contribution in [3.8, 4) is 0 Å². The normalized spacial score (nSPS) is 10.8. The van der Waals surface area contributed by atoms with Gasteiger partial charge in [-0.15, -0.1) is 0 Å². The lowest BCUT2D eigenvalue weighted by atomic mass is 10.2. The van der Waals surface area contributed by atoms with Gasteiger partial charge in [-0.05, 0) is 44.0 Å². The third-order valence-corrected chi connectivity index (χ3v) is 3.51. The number of nitrogens with one attached hydrogen (secondary N) is 1. The molecule has 0 amide bonds. The van der Waals surface area contributed by atoms with Crippen LogP contribution >= 0.6 is 31.9 Å². The molecule has 0 bridgehead atoms. The number of rotatable bonds is 3. The van der Waals surface area contributed by atoms with Crippen LogP contribution in [-0.2, 0) is 0 Å². The highest BCUT2D eigenvalue weighted by Gasteiger charge is 2.10. The van der Waals surface area contributed by atoms with Gasteiger partial charge in [0.1, 0.15) is 22.1 Å². The number of halogens is 3. The van der Waals surface area contributed by atoms with E-state index in [2.05, 4.69) is 47.1 Å². The van der Waals surface area contributed by atoms with Crippen LogP contribution in [0.5, 0.6) is 0 Å². The van der Waals surface area contributed by atoms with Gasteiger partial charge >= 0.3 is 0 Å². The molecule has 0 saturated carbocycles. The van der Waals surface area contributed by atoms with Crippen LogP contribution in [0, 0.1) is 5.82 Å². The summed E-state index contributed by atoms with van der Waals surface area (Å²) >= 11 is 6.65. The summed E-state index contributed by atoms with van der Waals surface area (Å²) in [7, 11) is 0. The van der Waals surface area contributed by atoms with Crippen LogP contribution in [0.15, 0.2) is 33.3 Å². The Morgan fingerprint density at radius 1 is 1.21 bits per heavy atom. The molecule has 0 aliphatic heterocycles. The molecular weight excluding hydrogens is 377 g/mol. The Morgan fingerprint density at radius 3 is 2.58 bits per heavy atom. The molecule has 2 rings (SSSR count). The van der Waals surface area contributed by atoms with E-state index in [4.69, 9.17) is 0 Å². The largest absolute Gasteiger partial charge is 0.337 e. The molecule has 3 nitrogen and oxygen atoms in total. The molecular formula is C13H12Br2FN3. The molecule has 1 heterocycles. The molecule has 0 fully saturated rings. The second kappa shape index (κ2) is 5.96. The lowest BCUT2D eigenvalue weighted by Gasteiger charge is -2.11. The first kappa shape index (κ1) is 14.4. The summed E-state index contributed by atoms with van der Waals surface area (Å²) in [5.74, 6) is 1.11. The predicted octanol–water partition coefficient (Wildman–Crippen LogP) is 5.01. The second-order valence-electron chi connectivity index (χ2n) is 4.31. The number of para-hydroxylation sites is 1. The Kier molecular flexibility index (Phi) is 4.52. The fourth-order valence-corrected chi connectivity index (χ4v) is 2.34. The van der Waals surface area contributed by atoms with Crippen LogP contribution < -0.4 is 5.32 Å². The standard InChI is InChI=1S/C13H12Br2FN3/c1-7(2)13-17-10(15)6-11(19-13)18-12-8(14)4-3-5-9(12)16/h3-7H,1-2H3,(H,17,18,19). The summed E-state index contributed by atoms with van der Waals surface area (Å²) in [6, 6.07) is 6.52. The maximum absolute atomic E-state index is 13.7. The zero-order valence-electron chi connectivity index (χ0n) is 10.4. The quantitative estimate of drug-likeness (QED) is 0.751. The van der Waals surface area contributed by atoms with E-state index in [1.165, 1.54) is 6.07 Å². The minimum absolute atomic E-state index is 0.196. The molecule has 0 spiro atoms. The van der Waals surface area contributed by atoms with E-state index >= 15 is 0 Å². The van der Waals surface area contributed by atoms with E-state index in [1.807, 2.05) is 13.8 Å². The molecule has 0 aliphatic rings. The molecule has 0 atom stereocenters. The highest BCUT2D eigenvalue weighted by atomic mass is 79.9. The monoisotopic (exact) mass is 387 g/mol. The molecule has 1 aromatic carbocycles. The van der Waals surface area contributed by atoms with Crippen molar-refractivity contribution >= 4 is 43.4 Å². The van der Waals surface area contributed by atoms with Crippen molar-refractivity contribution in [2.45, 2.75) is 19.8 Å². The van der Waals surface area contributed by atoms with Crippen LogP contribution in [0.4, 0.5) is 15.9 Å². The summed E-state index contributed by atoms with van der Waals surface area (Å²) in [6.45, 7) is 4.01. The second-order valence-corrected chi connectivity index (χ2v) is 5.98. The number of benzene rings is 1. The summed E-state index contributed by atoms with van der Waals surface area (Å²) < 4.78 is 15.1. The van der Waals surface area contributed by atoms with Crippen molar-refractivity contribution in [3.63, 3.8) is 0 Å². The van der Waals surface area contributed by atoms with E-state index in [1.54, 1.807) is 18.2 Å². The van der Waals surface area contributed by atoms with Crippen molar-refractivity contribution < 1.29 is 4.39 Å². The first-order valence-corrected chi connectivity index (χ1v) is 7.31. The van der Waals surface area contributed by atoms with E-state index in [-0.39, 0.29) is 11.7 Å². The maximum atomic E-state index is 13.7. The molecule has 6 heteroatoms. The maximum Gasteiger partial charge on any atom is 0.147 e. The fraction of sp³-hybridized carbons (Fsp3) is 0.231. The van der Waals surface area contributed by atoms with Gasteiger partial charge in [-0.3, -0.25) is 0 Å². The third-order valence-electron chi connectivity index (χ3n) is 2.44. The summed E-state index contributed by atoms with van der Waals surface area (Å²) in [5.41, 5.74) is 0.364. The average Bonchev–Trinajstić information content (AvgIpc) is 2.33. The third kappa shape index (κ3) is 3.51. The van der Waals surface area contributed by atoms with Crippen molar-refractivity contribution in [2.24, 2.45) is 0 Å². The van der Waals surface area contributed by atoms with Crippen molar-refractivity contribution in [1.82, 2.24) is 9.97 Å². The molecule has 0 radical (unpaired) electrons. The van der Waals surface area contributed by atoms with Crippen LogP contribution in [0.25, 0.3) is 0 Å². The first-order chi connectivity index (χ1) is 8.97. The highest BCUT2D eigenvalue weighted by molar-refractivity contribution is 9.10. The predicted molar refractivity (Wildman–Crippen MR) is 81.2 cm³/mol. The topological polar surface area (TPSA) is 37.8 Å². The van der Waals surface area contributed by atoms with Gasteiger partial charge in [-0.2, -0.15) is 0 Å². The van der Waals surface area contributed by atoms with Crippen molar-refractivity contribution in [2.75, 3.05) is 5.32 Å². The van der Waals surface area contributed by atoms with Gasteiger partial charge in [-0.1, -0.05) is 19.9 Å². The molecule has 2 aromatic rings. The van der Waals surface area contributed by atoms with Crippen LogP contribution in [0.1, 0.15) is 25.6 Å². The first-order valence-electron chi connectivity index (χ1n) is 5.73. The number of anilines is 2. The average molecular weight is 389 g/mol. The minimum Gasteiger partial charge on any atom is -0.337 e. The molecule has 0 saturated heterocycles. The Bertz CT molecular complexity index is 582. The smallest absolute Gasteiger partial charge is 0.147 e. The van der Waals surface area contributed by atoms with Crippen LogP contribution in [-0.4, -0.2) is 9.97 Å². The van der Waals surface area contributed by atoms with Gasteiger partial charge < -0.3 is 5.32 Å². The van der Waals surface area contributed by atoms with Crippen molar-refractivity contribution in [1.29, 1.82) is 0 Å². The van der Waals surface area contributed by atoms with E-state index in [0.717, 1.165) is 0 Å². The molecule has 0 aliphatic carbocycles. The molecule has 0 unspecified atom stereocenters. The van der Waals surface area contributed by atoms with Gasteiger partial charge in [0.15, 0.2) is 0 Å². The molecule has 100 valence electrons. The van der Waals surface area contributed by atoms with Crippen molar-refractivity contribution in [3.05, 3.63) is 45.0 Å². The van der Waals surface area contributed by atoms with Gasteiger partial charge in [0.05, 0.1) is 5.69 Å². The summed E-state index contributed by atoms with van der Waals surface area (Å²) in [4.78, 5) is 8.65. The minimum atomic E-state index is -0.338. The van der Waals surface area contributed by atoms with Gasteiger partial charge in [0, 0.05) is 16.5 Å². The lowest BCUT2D eigenvalue weighted by molar-refractivity contribution is 0.631. The summed E-state index contributed by atoms with van der Waals surface area (Å²) in [6.07, 6.45) is 0. The van der Waals surface area contributed by atoms with E-state index in [0.29, 0.717) is 26.4 Å². The Labute approximate surface area is 127 Å².